The van der Waals surface area contributed by atoms with Crippen LogP contribution in [0.15, 0.2) is 36.4 Å². The first-order valence-corrected chi connectivity index (χ1v) is 7.47. The van der Waals surface area contributed by atoms with E-state index in [9.17, 15) is 4.39 Å². The van der Waals surface area contributed by atoms with Crippen molar-refractivity contribution in [1.82, 2.24) is 0 Å². The zero-order valence-electron chi connectivity index (χ0n) is 11.8. The monoisotopic (exact) mass is 305 g/mol. The van der Waals surface area contributed by atoms with E-state index in [1.807, 2.05) is 25.1 Å². The lowest BCUT2D eigenvalue weighted by Crippen LogP contribution is -2.11. The summed E-state index contributed by atoms with van der Waals surface area (Å²) >= 11 is 5.96. The van der Waals surface area contributed by atoms with Crippen molar-refractivity contribution < 1.29 is 9.13 Å². The smallest absolute Gasteiger partial charge is 0.146 e. The lowest BCUT2D eigenvalue weighted by molar-refractivity contribution is 0.314. The molecule has 0 amide bonds. The summed E-state index contributed by atoms with van der Waals surface area (Å²) < 4.78 is 19.8. The van der Waals surface area contributed by atoms with E-state index in [-0.39, 0.29) is 11.9 Å². The first-order valence-electron chi connectivity index (χ1n) is 7.09. The number of fused-ring (bicyclic) bond motifs is 1. The fraction of sp³-hybridized carbons (Fsp3) is 0.294. The molecule has 0 fully saturated rings. The number of benzene rings is 2. The minimum absolute atomic E-state index is 0.0235. The van der Waals surface area contributed by atoms with E-state index in [1.165, 1.54) is 6.07 Å². The predicted octanol–water partition coefficient (Wildman–Crippen LogP) is 5.11. The summed E-state index contributed by atoms with van der Waals surface area (Å²) in [5, 5.41) is 3.80. The number of halogens is 2. The van der Waals surface area contributed by atoms with E-state index in [4.69, 9.17) is 16.3 Å². The molecule has 0 aliphatic carbocycles. The van der Waals surface area contributed by atoms with Crippen LogP contribution in [0.5, 0.6) is 5.75 Å². The van der Waals surface area contributed by atoms with Crippen LogP contribution in [-0.2, 0) is 0 Å². The molecular formula is C17H17ClFNO. The average Bonchev–Trinajstić information content (AvgIpc) is 2.67. The van der Waals surface area contributed by atoms with Gasteiger partial charge in [-0.15, -0.1) is 0 Å². The lowest BCUT2D eigenvalue weighted by atomic mass is 9.99. The van der Waals surface area contributed by atoms with Gasteiger partial charge in [0, 0.05) is 10.6 Å². The molecule has 1 N–H and O–H groups in total. The van der Waals surface area contributed by atoms with Gasteiger partial charge in [-0.3, -0.25) is 0 Å². The molecule has 0 saturated carbocycles. The maximum Gasteiger partial charge on any atom is 0.146 e. The van der Waals surface area contributed by atoms with Gasteiger partial charge < -0.3 is 10.1 Å². The number of hydrogen-bond acceptors (Lipinski definition) is 2. The number of ether oxygens (including phenoxy) is 1. The molecule has 110 valence electrons. The van der Waals surface area contributed by atoms with Crippen LogP contribution in [0.4, 0.5) is 10.1 Å². The largest absolute Gasteiger partial charge is 0.493 e. The van der Waals surface area contributed by atoms with Gasteiger partial charge in [0.25, 0.3) is 0 Å². The van der Waals surface area contributed by atoms with Crippen molar-refractivity contribution in [3.63, 3.8) is 0 Å². The fourth-order valence-corrected chi connectivity index (χ4v) is 2.88. The van der Waals surface area contributed by atoms with E-state index in [2.05, 4.69) is 5.32 Å². The van der Waals surface area contributed by atoms with Crippen molar-refractivity contribution in [1.29, 1.82) is 0 Å². The third kappa shape index (κ3) is 2.98. The quantitative estimate of drug-likeness (QED) is 0.832. The molecule has 0 spiro atoms. The molecule has 1 aliphatic rings. The number of aryl methyl sites for hydroxylation is 1. The molecule has 3 rings (SSSR count). The molecule has 2 nitrogen and oxygen atoms in total. The third-order valence-electron chi connectivity index (χ3n) is 3.76. The molecule has 0 saturated heterocycles. The summed E-state index contributed by atoms with van der Waals surface area (Å²) in [4.78, 5) is 0. The molecule has 2 aromatic rings. The zero-order valence-corrected chi connectivity index (χ0v) is 12.6. The summed E-state index contributed by atoms with van der Waals surface area (Å²) in [6, 6.07) is 10.7. The Balaban J connectivity index is 1.96. The highest BCUT2D eigenvalue weighted by Gasteiger charge is 2.21. The summed E-state index contributed by atoms with van der Waals surface area (Å²) in [5.41, 5.74) is 2.61. The van der Waals surface area contributed by atoms with E-state index in [1.54, 1.807) is 12.1 Å². The number of anilines is 1. The Morgan fingerprint density at radius 1 is 1.29 bits per heavy atom. The highest BCUT2D eigenvalue weighted by Crippen LogP contribution is 2.36. The minimum Gasteiger partial charge on any atom is -0.493 e. The van der Waals surface area contributed by atoms with Crippen LogP contribution in [0.2, 0.25) is 5.02 Å². The van der Waals surface area contributed by atoms with Gasteiger partial charge in [0.2, 0.25) is 0 Å². The SMILES string of the molecule is Cc1cccc2c1OCCCC2Nc1cc(Cl)ccc1F. The van der Waals surface area contributed by atoms with E-state index in [0.29, 0.717) is 17.3 Å². The van der Waals surface area contributed by atoms with Gasteiger partial charge >= 0.3 is 0 Å². The van der Waals surface area contributed by atoms with Crippen molar-refractivity contribution in [2.24, 2.45) is 0 Å². The second-order valence-electron chi connectivity index (χ2n) is 5.31. The summed E-state index contributed by atoms with van der Waals surface area (Å²) in [5.74, 6) is 0.619. The van der Waals surface area contributed by atoms with Crippen molar-refractivity contribution in [2.75, 3.05) is 11.9 Å². The first-order chi connectivity index (χ1) is 10.1. The molecule has 1 unspecified atom stereocenters. The van der Waals surface area contributed by atoms with Gasteiger partial charge in [0.15, 0.2) is 0 Å². The number of rotatable bonds is 2. The van der Waals surface area contributed by atoms with Gasteiger partial charge in [-0.2, -0.15) is 0 Å². The van der Waals surface area contributed by atoms with E-state index >= 15 is 0 Å². The Morgan fingerprint density at radius 2 is 2.14 bits per heavy atom. The zero-order chi connectivity index (χ0) is 14.8. The van der Waals surface area contributed by atoms with Gasteiger partial charge in [-0.25, -0.2) is 4.39 Å². The number of para-hydroxylation sites is 1. The molecular weight excluding hydrogens is 289 g/mol. The van der Waals surface area contributed by atoms with Gasteiger partial charge in [0.1, 0.15) is 11.6 Å². The Bertz CT molecular complexity index is 659. The molecule has 1 atom stereocenters. The molecule has 1 aliphatic heterocycles. The van der Waals surface area contributed by atoms with Crippen molar-refractivity contribution in [3.8, 4) is 5.75 Å². The number of hydrogen-bond donors (Lipinski definition) is 1. The van der Waals surface area contributed by atoms with Crippen LogP contribution in [0, 0.1) is 12.7 Å². The normalized spacial score (nSPS) is 17.6. The maximum absolute atomic E-state index is 13.9. The van der Waals surface area contributed by atoms with Crippen LogP contribution in [0.1, 0.15) is 30.0 Å². The maximum atomic E-state index is 13.9. The minimum atomic E-state index is -0.293. The molecule has 1 heterocycles. The summed E-state index contributed by atoms with van der Waals surface area (Å²) in [6.07, 6.45) is 1.82. The van der Waals surface area contributed by atoms with Crippen LogP contribution >= 0.6 is 11.6 Å². The van der Waals surface area contributed by atoms with Gasteiger partial charge in [0.05, 0.1) is 18.3 Å². The van der Waals surface area contributed by atoms with Gasteiger partial charge in [-0.05, 0) is 43.5 Å². The second-order valence-corrected chi connectivity index (χ2v) is 5.74. The third-order valence-corrected chi connectivity index (χ3v) is 3.99. The molecule has 21 heavy (non-hydrogen) atoms. The molecule has 0 bridgehead atoms. The van der Waals surface area contributed by atoms with Crippen molar-refractivity contribution in [2.45, 2.75) is 25.8 Å². The van der Waals surface area contributed by atoms with Crippen LogP contribution in [0.3, 0.4) is 0 Å². The first kappa shape index (κ1) is 14.2. The van der Waals surface area contributed by atoms with E-state index < -0.39 is 0 Å². The second kappa shape index (κ2) is 5.94. The molecule has 0 aromatic heterocycles. The topological polar surface area (TPSA) is 21.3 Å². The summed E-state index contributed by atoms with van der Waals surface area (Å²) in [7, 11) is 0. The number of nitrogens with one attached hydrogen (secondary N) is 1. The molecule has 4 heteroatoms. The average molecular weight is 306 g/mol. The van der Waals surface area contributed by atoms with Crippen LogP contribution < -0.4 is 10.1 Å². The van der Waals surface area contributed by atoms with Crippen molar-refractivity contribution >= 4 is 17.3 Å². The highest BCUT2D eigenvalue weighted by molar-refractivity contribution is 6.30. The Labute approximate surface area is 128 Å². The standard InChI is InChI=1S/C17H17ClFNO/c1-11-4-2-5-13-15(6-3-9-21-17(11)13)20-16-10-12(18)7-8-14(16)19/h2,4-5,7-8,10,15,20H,3,6,9H2,1H3. The highest BCUT2D eigenvalue weighted by atomic mass is 35.5. The Hall–Kier alpha value is -1.74. The molecule has 2 aromatic carbocycles. The Kier molecular flexibility index (Phi) is 4.02. The summed E-state index contributed by atoms with van der Waals surface area (Å²) in [6.45, 7) is 2.72. The Morgan fingerprint density at radius 3 is 3.00 bits per heavy atom. The van der Waals surface area contributed by atoms with E-state index in [0.717, 1.165) is 29.7 Å². The molecule has 0 radical (unpaired) electrons. The van der Waals surface area contributed by atoms with Crippen LogP contribution in [0.25, 0.3) is 0 Å². The van der Waals surface area contributed by atoms with Gasteiger partial charge in [-0.1, -0.05) is 29.8 Å². The predicted molar refractivity (Wildman–Crippen MR) is 83.7 cm³/mol. The van der Waals surface area contributed by atoms with Crippen LogP contribution in [-0.4, -0.2) is 6.61 Å². The van der Waals surface area contributed by atoms with Crippen molar-refractivity contribution in [3.05, 3.63) is 58.4 Å². The fourth-order valence-electron chi connectivity index (χ4n) is 2.71. The lowest BCUT2D eigenvalue weighted by Gasteiger charge is -2.21.